The molecule has 3 rings (SSSR count). The number of nitrogens with one attached hydrogen (secondary N) is 1. The predicted molar refractivity (Wildman–Crippen MR) is 118 cm³/mol. The number of rotatable bonds is 4. The van der Waals surface area contributed by atoms with Crippen LogP contribution in [0.3, 0.4) is 0 Å². The fraction of sp³-hybridized carbons (Fsp3) is 0.474. The van der Waals surface area contributed by atoms with Gasteiger partial charge in [-0.2, -0.15) is 13.2 Å². The van der Waals surface area contributed by atoms with Crippen molar-refractivity contribution in [3.05, 3.63) is 48.5 Å². The lowest BCUT2D eigenvalue weighted by atomic mass is 10.1. The molecule has 1 aromatic carbocycles. The number of hydrogen-bond donors (Lipinski definition) is 1. The lowest BCUT2D eigenvalue weighted by Gasteiger charge is -2.39. The van der Waals surface area contributed by atoms with Crippen molar-refractivity contribution < 1.29 is 13.2 Å². The van der Waals surface area contributed by atoms with Crippen molar-refractivity contribution in [2.24, 2.45) is 4.99 Å². The monoisotopic (exact) mass is 522 g/mol. The summed E-state index contributed by atoms with van der Waals surface area (Å²) in [5, 5.41) is 3.33. The van der Waals surface area contributed by atoms with E-state index in [0.717, 1.165) is 11.3 Å². The van der Waals surface area contributed by atoms with Gasteiger partial charge in [0.05, 0.1) is 12.0 Å². The van der Waals surface area contributed by atoms with E-state index in [9.17, 15) is 13.2 Å². The Balaban J connectivity index is 0.00000300. The van der Waals surface area contributed by atoms with E-state index in [-0.39, 0.29) is 24.0 Å². The first-order chi connectivity index (χ1) is 13.4. The summed E-state index contributed by atoms with van der Waals surface area (Å²) in [6, 6.07) is 6.55. The van der Waals surface area contributed by atoms with E-state index in [0.29, 0.717) is 38.7 Å². The number of guanidine groups is 1. The number of nitrogens with zero attached hydrogens (tertiary/aromatic N) is 5. The smallest absolute Gasteiger partial charge is 0.352 e. The van der Waals surface area contributed by atoms with Gasteiger partial charge in [-0.15, -0.1) is 24.0 Å². The molecule has 0 amide bonds. The predicted octanol–water partition coefficient (Wildman–Crippen LogP) is 3.13. The maximum Gasteiger partial charge on any atom is 0.403 e. The Kier molecular flexibility index (Phi) is 8.32. The summed E-state index contributed by atoms with van der Waals surface area (Å²) in [4.78, 5) is 11.9. The van der Waals surface area contributed by atoms with E-state index >= 15 is 0 Å². The quantitative estimate of drug-likeness (QED) is 0.381. The molecule has 1 aliphatic heterocycles. The van der Waals surface area contributed by atoms with Crippen molar-refractivity contribution in [1.29, 1.82) is 0 Å². The van der Waals surface area contributed by atoms with Gasteiger partial charge >= 0.3 is 6.18 Å². The van der Waals surface area contributed by atoms with E-state index in [1.165, 1.54) is 11.8 Å². The minimum Gasteiger partial charge on any atom is -0.352 e. The normalized spacial score (nSPS) is 17.0. The molecule has 2 heterocycles. The zero-order valence-corrected chi connectivity index (χ0v) is 18.8. The van der Waals surface area contributed by atoms with Crippen LogP contribution in [0.25, 0.3) is 5.69 Å². The molecule has 1 fully saturated rings. The number of halogens is 4. The molecule has 0 spiro atoms. The zero-order valence-electron chi connectivity index (χ0n) is 16.4. The second kappa shape index (κ2) is 10.3. The van der Waals surface area contributed by atoms with Crippen LogP contribution in [0, 0.1) is 0 Å². The minimum absolute atomic E-state index is 0. The number of imidazole rings is 1. The summed E-state index contributed by atoms with van der Waals surface area (Å²) in [6.45, 7) is 3.49. The van der Waals surface area contributed by atoms with Gasteiger partial charge in [0, 0.05) is 52.2 Å². The van der Waals surface area contributed by atoms with Crippen LogP contribution in [0.5, 0.6) is 0 Å². The van der Waals surface area contributed by atoms with Crippen molar-refractivity contribution >= 4 is 29.9 Å². The molecular weight excluding hydrogens is 496 g/mol. The van der Waals surface area contributed by atoms with Crippen molar-refractivity contribution in [1.82, 2.24) is 24.7 Å². The van der Waals surface area contributed by atoms with Gasteiger partial charge in [0.2, 0.25) is 0 Å². The lowest BCUT2D eigenvalue weighted by molar-refractivity contribution is -0.181. The fourth-order valence-corrected chi connectivity index (χ4v) is 3.35. The van der Waals surface area contributed by atoms with Gasteiger partial charge in [-0.05, 0) is 18.6 Å². The van der Waals surface area contributed by atoms with Crippen molar-refractivity contribution in [3.8, 4) is 5.69 Å². The molecule has 1 N–H and O–H groups in total. The molecule has 29 heavy (non-hydrogen) atoms. The Morgan fingerprint density at radius 3 is 2.48 bits per heavy atom. The van der Waals surface area contributed by atoms with Crippen LogP contribution in [-0.2, 0) is 6.54 Å². The SMILES string of the molecule is CN=C(NCc1ccccc1-n1ccnc1)N1CCN(C(C)C(F)(F)F)CC1.I. The van der Waals surface area contributed by atoms with Crippen LogP contribution < -0.4 is 5.32 Å². The first kappa shape index (κ1) is 23.5. The first-order valence-corrected chi connectivity index (χ1v) is 9.22. The van der Waals surface area contributed by atoms with Gasteiger partial charge in [0.25, 0.3) is 0 Å². The topological polar surface area (TPSA) is 48.7 Å². The number of hydrogen-bond acceptors (Lipinski definition) is 3. The summed E-state index contributed by atoms with van der Waals surface area (Å²) in [6.07, 6.45) is 1.16. The standard InChI is InChI=1S/C19H25F3N6.HI/c1-15(19(20,21)22)26-9-11-27(12-10-26)18(23-2)25-13-16-5-3-4-6-17(16)28-8-7-24-14-28;/h3-8,14-15H,9-13H2,1-2H3,(H,23,25);1H. The fourth-order valence-electron chi connectivity index (χ4n) is 3.35. The number of alkyl halides is 3. The number of benzene rings is 1. The van der Waals surface area contributed by atoms with E-state index in [1.807, 2.05) is 39.9 Å². The molecule has 160 valence electrons. The van der Waals surface area contributed by atoms with Crippen LogP contribution in [0.4, 0.5) is 13.2 Å². The molecule has 1 unspecified atom stereocenters. The van der Waals surface area contributed by atoms with E-state index < -0.39 is 12.2 Å². The largest absolute Gasteiger partial charge is 0.403 e. The van der Waals surface area contributed by atoms with E-state index in [2.05, 4.69) is 15.3 Å². The molecule has 6 nitrogen and oxygen atoms in total. The summed E-state index contributed by atoms with van der Waals surface area (Å²) in [7, 11) is 1.69. The summed E-state index contributed by atoms with van der Waals surface area (Å²) in [5.74, 6) is 0.694. The van der Waals surface area contributed by atoms with E-state index in [4.69, 9.17) is 0 Å². The third-order valence-electron chi connectivity index (χ3n) is 5.06. The molecule has 1 aliphatic rings. The maximum atomic E-state index is 12.9. The Hall–Kier alpha value is -1.82. The highest BCUT2D eigenvalue weighted by Gasteiger charge is 2.41. The Morgan fingerprint density at radius 1 is 1.21 bits per heavy atom. The second-order valence-corrected chi connectivity index (χ2v) is 6.74. The molecule has 0 radical (unpaired) electrons. The van der Waals surface area contributed by atoms with Gasteiger partial charge in [-0.25, -0.2) is 4.98 Å². The third kappa shape index (κ3) is 5.84. The van der Waals surface area contributed by atoms with Crippen molar-refractivity contribution in [3.63, 3.8) is 0 Å². The van der Waals surface area contributed by atoms with Gasteiger partial charge in [-0.1, -0.05) is 18.2 Å². The molecule has 1 saturated heterocycles. The molecule has 0 saturated carbocycles. The van der Waals surface area contributed by atoms with Crippen LogP contribution in [0.2, 0.25) is 0 Å². The lowest BCUT2D eigenvalue weighted by Crippen LogP contribution is -2.56. The highest BCUT2D eigenvalue weighted by molar-refractivity contribution is 14.0. The maximum absolute atomic E-state index is 12.9. The van der Waals surface area contributed by atoms with Crippen molar-refractivity contribution in [2.45, 2.75) is 25.7 Å². The Bertz CT molecular complexity index is 785. The third-order valence-corrected chi connectivity index (χ3v) is 5.06. The van der Waals surface area contributed by atoms with E-state index in [1.54, 1.807) is 19.6 Å². The number of piperazine rings is 1. The molecule has 0 bridgehead atoms. The van der Waals surface area contributed by atoms with Crippen molar-refractivity contribution in [2.75, 3.05) is 33.2 Å². The average Bonchev–Trinajstić information content (AvgIpc) is 3.22. The summed E-state index contributed by atoms with van der Waals surface area (Å²) in [5.41, 5.74) is 2.10. The Labute approximate surface area is 185 Å². The van der Waals surface area contributed by atoms with Gasteiger partial charge < -0.3 is 14.8 Å². The summed E-state index contributed by atoms with van der Waals surface area (Å²) < 4.78 is 40.7. The number of para-hydroxylation sites is 1. The second-order valence-electron chi connectivity index (χ2n) is 6.74. The first-order valence-electron chi connectivity index (χ1n) is 9.22. The average molecular weight is 522 g/mol. The van der Waals surface area contributed by atoms with Crippen LogP contribution in [0.1, 0.15) is 12.5 Å². The highest BCUT2D eigenvalue weighted by Crippen LogP contribution is 2.25. The number of aliphatic imine (C=N–C) groups is 1. The molecule has 1 aromatic heterocycles. The van der Waals surface area contributed by atoms with Gasteiger partial charge in [0.15, 0.2) is 5.96 Å². The Morgan fingerprint density at radius 2 is 1.90 bits per heavy atom. The molecule has 0 aliphatic carbocycles. The molecule has 1 atom stereocenters. The van der Waals surface area contributed by atoms with Gasteiger partial charge in [-0.3, -0.25) is 9.89 Å². The minimum atomic E-state index is -4.20. The summed E-state index contributed by atoms with van der Waals surface area (Å²) >= 11 is 0. The van der Waals surface area contributed by atoms with Crippen LogP contribution >= 0.6 is 24.0 Å². The molecule has 10 heteroatoms. The number of aromatic nitrogens is 2. The molecular formula is C19H26F3IN6. The van der Waals surface area contributed by atoms with Gasteiger partial charge in [0.1, 0.15) is 6.04 Å². The molecule has 2 aromatic rings. The van der Waals surface area contributed by atoms with Crippen LogP contribution in [0.15, 0.2) is 48.0 Å². The zero-order chi connectivity index (χ0) is 20.1. The van der Waals surface area contributed by atoms with Crippen LogP contribution in [-0.4, -0.2) is 70.8 Å². The highest BCUT2D eigenvalue weighted by atomic mass is 127.